The van der Waals surface area contributed by atoms with Gasteiger partial charge >= 0.3 is 6.09 Å². The molecule has 1 aromatic carbocycles. The Morgan fingerprint density at radius 2 is 1.93 bits per heavy atom. The van der Waals surface area contributed by atoms with Gasteiger partial charge in [0.05, 0.1) is 18.3 Å². The number of pyridine rings is 1. The number of anilines is 2. The van der Waals surface area contributed by atoms with Crippen molar-refractivity contribution in [3.63, 3.8) is 0 Å². The van der Waals surface area contributed by atoms with Crippen LogP contribution in [-0.2, 0) is 18.3 Å². The minimum atomic E-state index is -0.542. The third-order valence-corrected chi connectivity index (χ3v) is 7.29. The molecule has 0 bridgehead atoms. The molecule has 1 amide bonds. The van der Waals surface area contributed by atoms with Crippen molar-refractivity contribution in [1.29, 1.82) is 0 Å². The van der Waals surface area contributed by atoms with Crippen LogP contribution in [0.25, 0.3) is 27.8 Å². The predicted octanol–water partition coefficient (Wildman–Crippen LogP) is 4.57. The van der Waals surface area contributed by atoms with Gasteiger partial charge in [-0.25, -0.2) is 19.1 Å². The second-order valence-electron chi connectivity index (χ2n) is 11.7. The van der Waals surface area contributed by atoms with E-state index in [0.29, 0.717) is 54.6 Å². The van der Waals surface area contributed by atoms with E-state index in [0.717, 1.165) is 16.6 Å². The molecule has 5 heterocycles. The fourth-order valence-electron chi connectivity index (χ4n) is 5.20. The normalized spacial score (nSPS) is 14.2. The van der Waals surface area contributed by atoms with Crippen molar-refractivity contribution in [2.45, 2.75) is 51.9 Å². The number of aryl methyl sites for hydroxylation is 1. The largest absolute Gasteiger partial charge is 0.474 e. The van der Waals surface area contributed by atoms with Crippen molar-refractivity contribution in [3.05, 3.63) is 71.8 Å². The first kappa shape index (κ1) is 28.9. The Kier molecular flexibility index (Phi) is 7.53. The number of allylic oxidation sites excluding steroid dienone is 1. The zero-order valence-electron chi connectivity index (χ0n) is 25.2. The molecule has 1 aliphatic heterocycles. The molecular weight excluding hydrogens is 562 g/mol. The fraction of sp³-hybridized carbons (Fsp3) is 0.355. The molecule has 5 aromatic rings. The summed E-state index contributed by atoms with van der Waals surface area (Å²) in [7, 11) is 1.88. The van der Waals surface area contributed by atoms with E-state index in [1.807, 2.05) is 52.1 Å². The highest BCUT2D eigenvalue weighted by molar-refractivity contribution is 5.83. The molecule has 0 unspecified atom stereocenters. The van der Waals surface area contributed by atoms with Gasteiger partial charge in [-0.1, -0.05) is 12.1 Å². The summed E-state index contributed by atoms with van der Waals surface area (Å²) in [6.07, 6.45) is 5.82. The Hall–Kier alpha value is -5.20. The van der Waals surface area contributed by atoms with E-state index in [-0.39, 0.29) is 24.3 Å². The van der Waals surface area contributed by atoms with Crippen LogP contribution in [0.1, 0.15) is 33.6 Å². The van der Waals surface area contributed by atoms with Gasteiger partial charge in [0.1, 0.15) is 17.1 Å². The highest BCUT2D eigenvalue weighted by Gasteiger charge is 2.28. The number of rotatable bonds is 7. The van der Waals surface area contributed by atoms with Gasteiger partial charge in [0.25, 0.3) is 5.56 Å². The number of aromatic nitrogens is 7. The Morgan fingerprint density at radius 3 is 2.68 bits per heavy atom. The van der Waals surface area contributed by atoms with Crippen LogP contribution in [0.15, 0.2) is 66.2 Å². The standard InChI is InChI=1S/C31H35N9O4/c1-6-14-39-28(41)23-19-32-29(34-21-11-10-20-18-33-37(5)24(20)17-21)36-27(23)40(39)25-8-7-9-26(35-25)43-22-12-15-38(16-13-22)30(42)44-31(2,3)4/h6-11,17-19,22H,1,12-16H2,2-5H3,(H,32,34,36). The summed E-state index contributed by atoms with van der Waals surface area (Å²) in [6, 6.07) is 11.3. The molecule has 1 N–H and O–H groups in total. The number of nitrogens with one attached hydrogen (secondary N) is 1. The van der Waals surface area contributed by atoms with Crippen molar-refractivity contribution in [2.24, 2.45) is 7.05 Å². The highest BCUT2D eigenvalue weighted by Crippen LogP contribution is 2.24. The summed E-state index contributed by atoms with van der Waals surface area (Å²) in [4.78, 5) is 41.4. The van der Waals surface area contributed by atoms with Gasteiger partial charge in [0, 0.05) is 56.3 Å². The van der Waals surface area contributed by atoms with Gasteiger partial charge in [0.2, 0.25) is 11.8 Å². The molecule has 1 aliphatic rings. The highest BCUT2D eigenvalue weighted by atomic mass is 16.6. The van der Waals surface area contributed by atoms with Crippen LogP contribution in [0.5, 0.6) is 5.88 Å². The number of carbonyl (C=O) groups is 1. The Bertz CT molecular complexity index is 1910. The number of amides is 1. The van der Waals surface area contributed by atoms with Gasteiger partial charge < -0.3 is 19.7 Å². The molecule has 228 valence electrons. The summed E-state index contributed by atoms with van der Waals surface area (Å²) >= 11 is 0. The second-order valence-corrected chi connectivity index (χ2v) is 11.7. The van der Waals surface area contributed by atoms with E-state index < -0.39 is 5.60 Å². The number of likely N-dealkylation sites (tertiary alicyclic amines) is 1. The summed E-state index contributed by atoms with van der Waals surface area (Å²) in [6.45, 7) is 10.7. The van der Waals surface area contributed by atoms with E-state index in [2.05, 4.69) is 22.0 Å². The molecule has 1 saturated heterocycles. The molecule has 4 aromatic heterocycles. The average molecular weight is 598 g/mol. The first-order valence-electron chi connectivity index (χ1n) is 14.5. The van der Waals surface area contributed by atoms with E-state index in [9.17, 15) is 9.59 Å². The molecule has 13 nitrogen and oxygen atoms in total. The first-order valence-corrected chi connectivity index (χ1v) is 14.5. The van der Waals surface area contributed by atoms with E-state index in [1.165, 1.54) is 10.9 Å². The fourth-order valence-corrected chi connectivity index (χ4v) is 5.20. The molecule has 0 radical (unpaired) electrons. The van der Waals surface area contributed by atoms with Gasteiger partial charge in [-0.15, -0.1) is 6.58 Å². The van der Waals surface area contributed by atoms with Crippen LogP contribution in [0.2, 0.25) is 0 Å². The van der Waals surface area contributed by atoms with Crippen LogP contribution in [0.4, 0.5) is 16.4 Å². The van der Waals surface area contributed by atoms with E-state index in [1.54, 1.807) is 38.7 Å². The number of hydrogen-bond acceptors (Lipinski definition) is 9. The van der Waals surface area contributed by atoms with Gasteiger partial charge in [-0.05, 0) is 45.0 Å². The third kappa shape index (κ3) is 5.85. The Morgan fingerprint density at radius 1 is 1.14 bits per heavy atom. The number of carbonyl (C=O) groups excluding carboxylic acids is 1. The molecule has 13 heteroatoms. The van der Waals surface area contributed by atoms with Crippen LogP contribution in [0.3, 0.4) is 0 Å². The number of ether oxygens (including phenoxy) is 2. The summed E-state index contributed by atoms with van der Waals surface area (Å²) < 4.78 is 16.7. The number of fused-ring (bicyclic) bond motifs is 2. The lowest BCUT2D eigenvalue weighted by Crippen LogP contribution is -2.44. The average Bonchev–Trinajstić information content (AvgIpc) is 3.49. The molecule has 0 atom stereocenters. The lowest BCUT2D eigenvalue weighted by Gasteiger charge is -2.33. The minimum absolute atomic E-state index is 0.122. The smallest absolute Gasteiger partial charge is 0.410 e. The van der Waals surface area contributed by atoms with Crippen molar-refractivity contribution in [2.75, 3.05) is 18.4 Å². The summed E-state index contributed by atoms with van der Waals surface area (Å²) in [5.41, 5.74) is 1.34. The third-order valence-electron chi connectivity index (χ3n) is 7.29. The van der Waals surface area contributed by atoms with Crippen LogP contribution < -0.4 is 15.6 Å². The zero-order chi connectivity index (χ0) is 31.0. The molecular formula is C31H35N9O4. The number of nitrogens with zero attached hydrogens (tertiary/aromatic N) is 8. The maximum absolute atomic E-state index is 13.4. The number of benzene rings is 1. The molecule has 6 rings (SSSR count). The van der Waals surface area contributed by atoms with E-state index in [4.69, 9.17) is 19.4 Å². The number of piperidine rings is 1. The molecule has 1 fully saturated rings. The van der Waals surface area contributed by atoms with Gasteiger partial charge in [-0.3, -0.25) is 9.48 Å². The monoisotopic (exact) mass is 597 g/mol. The summed E-state index contributed by atoms with van der Waals surface area (Å²) in [5.74, 6) is 1.20. The van der Waals surface area contributed by atoms with Crippen molar-refractivity contribution in [3.8, 4) is 11.7 Å². The van der Waals surface area contributed by atoms with Gasteiger partial charge in [0.15, 0.2) is 11.5 Å². The van der Waals surface area contributed by atoms with Crippen molar-refractivity contribution >= 4 is 39.7 Å². The zero-order valence-corrected chi connectivity index (χ0v) is 25.2. The van der Waals surface area contributed by atoms with Crippen LogP contribution >= 0.6 is 0 Å². The lowest BCUT2D eigenvalue weighted by atomic mass is 10.1. The maximum Gasteiger partial charge on any atom is 0.410 e. The van der Waals surface area contributed by atoms with E-state index >= 15 is 0 Å². The SMILES string of the molecule is C=CCn1c(=O)c2cnc(Nc3ccc4cnn(C)c4c3)nc2n1-c1cccc(OC2CCN(C(=O)OC(C)(C)C)CC2)n1. The van der Waals surface area contributed by atoms with Crippen LogP contribution in [-0.4, -0.2) is 69.9 Å². The minimum Gasteiger partial charge on any atom is -0.474 e. The Labute approximate surface area is 253 Å². The Balaban J connectivity index is 1.26. The molecule has 44 heavy (non-hydrogen) atoms. The molecule has 0 aliphatic carbocycles. The number of hydrogen-bond donors (Lipinski definition) is 1. The maximum atomic E-state index is 13.4. The van der Waals surface area contributed by atoms with Gasteiger partial charge in [-0.2, -0.15) is 15.1 Å². The van der Waals surface area contributed by atoms with Crippen LogP contribution in [0, 0.1) is 0 Å². The first-order chi connectivity index (χ1) is 21.1. The topological polar surface area (TPSA) is 134 Å². The quantitative estimate of drug-likeness (QED) is 0.268. The predicted molar refractivity (Wildman–Crippen MR) is 167 cm³/mol. The van der Waals surface area contributed by atoms with Crippen molar-refractivity contribution in [1.82, 2.24) is 39.0 Å². The lowest BCUT2D eigenvalue weighted by molar-refractivity contribution is 0.0123. The molecule has 0 spiro atoms. The summed E-state index contributed by atoms with van der Waals surface area (Å²) in [5, 5.41) is 8.91. The molecule has 0 saturated carbocycles. The van der Waals surface area contributed by atoms with Crippen molar-refractivity contribution < 1.29 is 14.3 Å². The second kappa shape index (κ2) is 11.5.